The van der Waals surface area contributed by atoms with E-state index in [0.717, 1.165) is 28.2 Å². The maximum atomic E-state index is 12.5. The molecule has 4 aromatic rings. The summed E-state index contributed by atoms with van der Waals surface area (Å²) in [6.45, 7) is 1.71. The molecule has 0 bridgehead atoms. The molecule has 0 aromatic carbocycles. The van der Waals surface area contributed by atoms with E-state index in [1.165, 1.54) is 12.4 Å². The molecule has 4 aromatic heterocycles. The van der Waals surface area contributed by atoms with Crippen LogP contribution in [0.25, 0.3) is 22.6 Å². The van der Waals surface area contributed by atoms with Crippen LogP contribution >= 0.6 is 0 Å². The first-order chi connectivity index (χ1) is 19.7. The molecule has 2 aliphatic rings. The highest BCUT2D eigenvalue weighted by Crippen LogP contribution is 2.34. The Hall–Kier alpha value is -3.94. The minimum Gasteiger partial charge on any atom is -0.390 e. The van der Waals surface area contributed by atoms with Gasteiger partial charge in [-0.15, -0.1) is 0 Å². The molecular weight excluding hydrogens is 544 g/mol. The van der Waals surface area contributed by atoms with E-state index in [-0.39, 0.29) is 17.9 Å². The minimum absolute atomic E-state index is 0.164. The first kappa shape index (κ1) is 27.2. The SMILES string of the molecule is CC1(O)CCC(Nc2cc(Nc3ccnc(-c4cnn(S(=O)(=O)C5CC5)c4)n3)ncc2-c2cccc(CO)n2)CC1. The molecule has 2 aliphatic carbocycles. The second kappa shape index (κ2) is 10.8. The van der Waals surface area contributed by atoms with Gasteiger partial charge in [0.2, 0.25) is 0 Å². The van der Waals surface area contributed by atoms with Gasteiger partial charge in [-0.2, -0.15) is 9.19 Å². The van der Waals surface area contributed by atoms with E-state index in [0.29, 0.717) is 60.1 Å². The first-order valence-corrected chi connectivity index (χ1v) is 15.2. The van der Waals surface area contributed by atoms with Crippen molar-refractivity contribution in [3.05, 3.63) is 60.8 Å². The summed E-state index contributed by atoms with van der Waals surface area (Å²) in [5.74, 6) is 1.35. The van der Waals surface area contributed by atoms with Crippen LogP contribution in [0, 0.1) is 0 Å². The molecule has 0 spiro atoms. The largest absolute Gasteiger partial charge is 0.390 e. The highest BCUT2D eigenvalue weighted by Gasteiger charge is 2.37. The van der Waals surface area contributed by atoms with Gasteiger partial charge in [0.05, 0.1) is 46.8 Å². The number of nitrogens with one attached hydrogen (secondary N) is 2. The molecule has 4 N–H and O–H groups in total. The molecule has 0 unspecified atom stereocenters. The first-order valence-electron chi connectivity index (χ1n) is 13.7. The molecule has 2 saturated carbocycles. The fraction of sp³-hybridized carbons (Fsp3) is 0.393. The average molecular weight is 577 g/mol. The fourth-order valence-corrected chi connectivity index (χ4v) is 6.42. The second-order valence-electron chi connectivity index (χ2n) is 10.9. The van der Waals surface area contributed by atoms with Crippen LogP contribution in [0.1, 0.15) is 51.1 Å². The zero-order valence-electron chi connectivity index (χ0n) is 22.6. The average Bonchev–Trinajstić information content (AvgIpc) is 3.71. The van der Waals surface area contributed by atoms with Gasteiger partial charge in [0.1, 0.15) is 11.6 Å². The van der Waals surface area contributed by atoms with Gasteiger partial charge in [-0.05, 0) is 63.6 Å². The summed E-state index contributed by atoms with van der Waals surface area (Å²) in [7, 11) is -3.48. The molecule has 0 saturated heterocycles. The number of pyridine rings is 2. The third-order valence-electron chi connectivity index (χ3n) is 7.51. The van der Waals surface area contributed by atoms with Gasteiger partial charge in [-0.25, -0.2) is 23.4 Å². The predicted molar refractivity (Wildman–Crippen MR) is 154 cm³/mol. The molecule has 214 valence electrons. The Morgan fingerprint density at radius 3 is 2.61 bits per heavy atom. The van der Waals surface area contributed by atoms with Crippen molar-refractivity contribution in [2.75, 3.05) is 10.6 Å². The van der Waals surface area contributed by atoms with Gasteiger partial charge >= 0.3 is 0 Å². The summed E-state index contributed by atoms with van der Waals surface area (Å²) < 4.78 is 26.1. The Morgan fingerprint density at radius 1 is 1.05 bits per heavy atom. The highest BCUT2D eigenvalue weighted by molar-refractivity contribution is 7.90. The summed E-state index contributed by atoms with van der Waals surface area (Å²) in [6.07, 6.45) is 10.6. The zero-order chi connectivity index (χ0) is 28.6. The van der Waals surface area contributed by atoms with Crippen molar-refractivity contribution in [3.8, 4) is 22.6 Å². The number of nitrogens with zero attached hydrogens (tertiary/aromatic N) is 6. The maximum absolute atomic E-state index is 12.5. The lowest BCUT2D eigenvalue weighted by Gasteiger charge is -2.34. The molecule has 2 fully saturated rings. The Kier molecular flexibility index (Phi) is 7.18. The van der Waals surface area contributed by atoms with Gasteiger partial charge in [-0.1, -0.05) is 6.07 Å². The third kappa shape index (κ3) is 6.06. The molecule has 4 heterocycles. The van der Waals surface area contributed by atoms with Gasteiger partial charge in [-0.3, -0.25) is 4.98 Å². The number of rotatable bonds is 9. The highest BCUT2D eigenvalue weighted by atomic mass is 32.2. The number of aliphatic hydroxyl groups is 2. The van der Waals surface area contributed by atoms with Crippen LogP contribution in [0.15, 0.2) is 55.1 Å². The molecule has 6 rings (SSSR count). The third-order valence-corrected chi connectivity index (χ3v) is 9.54. The quantitative estimate of drug-likeness (QED) is 0.230. The molecule has 41 heavy (non-hydrogen) atoms. The van der Waals surface area contributed by atoms with Crippen molar-refractivity contribution >= 4 is 27.3 Å². The van der Waals surface area contributed by atoms with E-state index in [9.17, 15) is 18.6 Å². The van der Waals surface area contributed by atoms with Crippen LogP contribution in [0.5, 0.6) is 0 Å². The molecule has 0 amide bonds. The van der Waals surface area contributed by atoms with E-state index >= 15 is 0 Å². The van der Waals surface area contributed by atoms with Gasteiger partial charge in [0.15, 0.2) is 5.82 Å². The molecule has 0 aliphatic heterocycles. The Labute approximate surface area is 238 Å². The van der Waals surface area contributed by atoms with Crippen molar-refractivity contribution in [3.63, 3.8) is 0 Å². The van der Waals surface area contributed by atoms with Gasteiger partial charge in [0, 0.05) is 35.8 Å². The maximum Gasteiger partial charge on any atom is 0.256 e. The van der Waals surface area contributed by atoms with Crippen LogP contribution in [0.3, 0.4) is 0 Å². The van der Waals surface area contributed by atoms with Crippen LogP contribution in [0.2, 0.25) is 0 Å². The zero-order valence-corrected chi connectivity index (χ0v) is 23.4. The monoisotopic (exact) mass is 576 g/mol. The Morgan fingerprint density at radius 2 is 1.85 bits per heavy atom. The molecule has 0 atom stereocenters. The standard InChI is InChI=1S/C28H32N8O4S/c1-28(38)10-7-19(8-11-28)32-24-13-26(30-15-22(24)23-4-2-3-20(17-37)33-23)34-25-9-12-29-27(35-25)18-14-31-36(16-18)41(39,40)21-5-6-21/h2-4,9,12-16,19,21,37-38H,5-8,10-11,17H2,1H3,(H2,29,30,32,34,35). The van der Waals surface area contributed by atoms with Crippen molar-refractivity contribution in [2.24, 2.45) is 0 Å². The molecule has 12 nitrogen and oxygen atoms in total. The molecular formula is C28H32N8O4S. The fourth-order valence-electron chi connectivity index (χ4n) is 4.95. The lowest BCUT2D eigenvalue weighted by molar-refractivity contribution is 0.0196. The lowest BCUT2D eigenvalue weighted by Crippen LogP contribution is -2.35. The summed E-state index contributed by atoms with van der Waals surface area (Å²) in [5.41, 5.74) is 2.70. The topological polar surface area (TPSA) is 168 Å². The van der Waals surface area contributed by atoms with Crippen molar-refractivity contribution in [1.82, 2.24) is 29.1 Å². The molecule has 13 heteroatoms. The van der Waals surface area contributed by atoms with E-state index in [2.05, 4.69) is 35.7 Å². The smallest absolute Gasteiger partial charge is 0.256 e. The number of anilines is 3. The van der Waals surface area contributed by atoms with Crippen molar-refractivity contribution in [2.45, 2.75) is 68.9 Å². The number of hydrogen-bond acceptors (Lipinski definition) is 11. The summed E-state index contributed by atoms with van der Waals surface area (Å²) in [4.78, 5) is 18.0. The van der Waals surface area contributed by atoms with E-state index in [4.69, 9.17) is 0 Å². The van der Waals surface area contributed by atoms with Crippen molar-refractivity contribution in [1.29, 1.82) is 0 Å². The van der Waals surface area contributed by atoms with Crippen LogP contribution in [-0.2, 0) is 16.6 Å². The van der Waals surface area contributed by atoms with Crippen LogP contribution in [0.4, 0.5) is 17.3 Å². The predicted octanol–water partition coefficient (Wildman–Crippen LogP) is 3.48. The number of aromatic nitrogens is 6. The Bertz CT molecular complexity index is 1660. The van der Waals surface area contributed by atoms with Crippen LogP contribution in [-0.4, -0.2) is 64.6 Å². The summed E-state index contributed by atoms with van der Waals surface area (Å²) in [6, 6.07) is 9.24. The van der Waals surface area contributed by atoms with Crippen LogP contribution < -0.4 is 10.6 Å². The van der Waals surface area contributed by atoms with E-state index in [1.807, 2.05) is 25.1 Å². The Balaban J connectivity index is 1.27. The van der Waals surface area contributed by atoms with E-state index in [1.54, 1.807) is 24.5 Å². The van der Waals surface area contributed by atoms with Gasteiger partial charge < -0.3 is 20.8 Å². The number of aliphatic hydroxyl groups excluding tert-OH is 1. The van der Waals surface area contributed by atoms with Crippen molar-refractivity contribution < 1.29 is 18.6 Å². The second-order valence-corrected chi connectivity index (χ2v) is 13.0. The minimum atomic E-state index is -3.48. The molecule has 0 radical (unpaired) electrons. The normalized spacial score (nSPS) is 21.0. The summed E-state index contributed by atoms with van der Waals surface area (Å²) in [5, 5.41) is 30.5. The van der Waals surface area contributed by atoms with E-state index < -0.39 is 15.6 Å². The summed E-state index contributed by atoms with van der Waals surface area (Å²) >= 11 is 0. The lowest BCUT2D eigenvalue weighted by atomic mass is 9.83. The van der Waals surface area contributed by atoms with Gasteiger partial charge in [0.25, 0.3) is 10.0 Å². The number of hydrogen-bond donors (Lipinski definition) is 4.